The van der Waals surface area contributed by atoms with Crippen molar-refractivity contribution < 1.29 is 9.59 Å². The minimum absolute atomic E-state index is 0.107. The van der Waals surface area contributed by atoms with Crippen LogP contribution in [-0.4, -0.2) is 17.9 Å². The topological polar surface area (TPSA) is 58.2 Å². The van der Waals surface area contributed by atoms with Gasteiger partial charge in [-0.1, -0.05) is 25.0 Å². The first kappa shape index (κ1) is 14.6. The summed E-state index contributed by atoms with van der Waals surface area (Å²) in [5, 5.41) is 5.73. The third-order valence-electron chi connectivity index (χ3n) is 3.71. The van der Waals surface area contributed by atoms with E-state index in [9.17, 15) is 9.59 Å². The number of anilines is 1. The molecule has 0 radical (unpaired) electrons. The molecule has 1 saturated carbocycles. The van der Waals surface area contributed by atoms with Crippen molar-refractivity contribution in [3.63, 3.8) is 0 Å². The Hall–Kier alpha value is -1.84. The van der Waals surface area contributed by atoms with Gasteiger partial charge in [0.1, 0.15) is 6.42 Å². The lowest BCUT2D eigenvalue weighted by molar-refractivity contribution is -0.127. The van der Waals surface area contributed by atoms with E-state index in [-0.39, 0.29) is 24.3 Å². The summed E-state index contributed by atoms with van der Waals surface area (Å²) >= 11 is 0. The Morgan fingerprint density at radius 1 is 1.15 bits per heavy atom. The van der Waals surface area contributed by atoms with Crippen LogP contribution in [0.3, 0.4) is 0 Å². The van der Waals surface area contributed by atoms with Gasteiger partial charge in [0.2, 0.25) is 11.8 Å². The van der Waals surface area contributed by atoms with Crippen LogP contribution in [0, 0.1) is 13.8 Å². The predicted molar refractivity (Wildman–Crippen MR) is 79.6 cm³/mol. The van der Waals surface area contributed by atoms with Gasteiger partial charge >= 0.3 is 0 Å². The van der Waals surface area contributed by atoms with Crippen molar-refractivity contribution in [3.05, 3.63) is 29.3 Å². The maximum Gasteiger partial charge on any atom is 0.233 e. The van der Waals surface area contributed by atoms with Gasteiger partial charge < -0.3 is 10.6 Å². The molecule has 1 aliphatic rings. The van der Waals surface area contributed by atoms with Crippen LogP contribution in [0.5, 0.6) is 0 Å². The molecular weight excluding hydrogens is 252 g/mol. The largest absolute Gasteiger partial charge is 0.353 e. The molecule has 108 valence electrons. The van der Waals surface area contributed by atoms with Crippen LogP contribution >= 0.6 is 0 Å². The first-order chi connectivity index (χ1) is 9.54. The highest BCUT2D eigenvalue weighted by molar-refractivity contribution is 6.03. The van der Waals surface area contributed by atoms with Crippen molar-refractivity contribution in [1.82, 2.24) is 5.32 Å². The number of amides is 2. The van der Waals surface area contributed by atoms with Gasteiger partial charge in [0, 0.05) is 11.7 Å². The zero-order valence-electron chi connectivity index (χ0n) is 12.2. The van der Waals surface area contributed by atoms with E-state index in [0.717, 1.165) is 29.7 Å². The summed E-state index contributed by atoms with van der Waals surface area (Å²) in [7, 11) is 0. The lowest BCUT2D eigenvalue weighted by atomic mass is 10.1. The highest BCUT2D eigenvalue weighted by Gasteiger charge is 2.18. The van der Waals surface area contributed by atoms with Crippen LogP contribution < -0.4 is 10.6 Å². The zero-order chi connectivity index (χ0) is 14.5. The van der Waals surface area contributed by atoms with Gasteiger partial charge in [-0.15, -0.1) is 0 Å². The van der Waals surface area contributed by atoms with E-state index in [2.05, 4.69) is 10.6 Å². The molecule has 0 atom stereocenters. The fraction of sp³-hybridized carbons (Fsp3) is 0.500. The molecule has 0 saturated heterocycles. The van der Waals surface area contributed by atoms with Gasteiger partial charge in [0.15, 0.2) is 0 Å². The number of carbonyl (C=O) groups is 2. The first-order valence-corrected chi connectivity index (χ1v) is 7.21. The summed E-state index contributed by atoms with van der Waals surface area (Å²) in [6, 6.07) is 6.14. The van der Waals surface area contributed by atoms with Crippen molar-refractivity contribution in [3.8, 4) is 0 Å². The number of aryl methyl sites for hydroxylation is 2. The van der Waals surface area contributed by atoms with Crippen LogP contribution in [0.4, 0.5) is 5.69 Å². The lowest BCUT2D eigenvalue weighted by Crippen LogP contribution is -2.35. The molecule has 2 rings (SSSR count). The number of benzene rings is 1. The number of carbonyl (C=O) groups excluding carboxylic acids is 2. The quantitative estimate of drug-likeness (QED) is 0.829. The van der Waals surface area contributed by atoms with E-state index < -0.39 is 0 Å². The fourth-order valence-electron chi connectivity index (χ4n) is 2.56. The van der Waals surface area contributed by atoms with E-state index in [1.165, 1.54) is 12.8 Å². The molecular formula is C16H22N2O2. The van der Waals surface area contributed by atoms with Crippen molar-refractivity contribution in [1.29, 1.82) is 0 Å². The molecule has 1 aromatic carbocycles. The number of hydrogen-bond donors (Lipinski definition) is 2. The van der Waals surface area contributed by atoms with Crippen molar-refractivity contribution in [2.24, 2.45) is 0 Å². The predicted octanol–water partition coefficient (Wildman–Crippen LogP) is 2.69. The Morgan fingerprint density at radius 2 is 1.85 bits per heavy atom. The SMILES string of the molecule is Cc1ccc(C)c(NC(=O)CC(=O)NC2CCCC2)c1. The van der Waals surface area contributed by atoms with Crippen LogP contribution in [0.1, 0.15) is 43.2 Å². The second-order valence-corrected chi connectivity index (χ2v) is 5.59. The first-order valence-electron chi connectivity index (χ1n) is 7.21. The van der Waals surface area contributed by atoms with Gasteiger partial charge in [0.25, 0.3) is 0 Å². The summed E-state index contributed by atoms with van der Waals surface area (Å²) in [4.78, 5) is 23.7. The molecule has 20 heavy (non-hydrogen) atoms. The summed E-state index contributed by atoms with van der Waals surface area (Å²) < 4.78 is 0. The van der Waals surface area contributed by atoms with Crippen LogP contribution in [0.25, 0.3) is 0 Å². The van der Waals surface area contributed by atoms with Gasteiger partial charge in [0.05, 0.1) is 0 Å². The maximum absolute atomic E-state index is 11.9. The molecule has 0 unspecified atom stereocenters. The summed E-state index contributed by atoms with van der Waals surface area (Å²) in [5.41, 5.74) is 2.87. The molecule has 4 nitrogen and oxygen atoms in total. The molecule has 4 heteroatoms. The van der Waals surface area contributed by atoms with Gasteiger partial charge in [-0.05, 0) is 43.9 Å². The summed E-state index contributed by atoms with van der Waals surface area (Å²) in [5.74, 6) is -0.436. The average molecular weight is 274 g/mol. The van der Waals surface area contributed by atoms with E-state index in [1.54, 1.807) is 0 Å². The number of hydrogen-bond acceptors (Lipinski definition) is 2. The molecule has 0 spiro atoms. The van der Waals surface area contributed by atoms with Gasteiger partial charge in [-0.2, -0.15) is 0 Å². The molecule has 1 fully saturated rings. The highest BCUT2D eigenvalue weighted by atomic mass is 16.2. The Bertz CT molecular complexity index is 505. The second kappa shape index (κ2) is 6.55. The van der Waals surface area contributed by atoms with Gasteiger partial charge in [-0.25, -0.2) is 0 Å². The standard InChI is InChI=1S/C16H22N2O2/c1-11-7-8-12(2)14(9-11)18-16(20)10-15(19)17-13-5-3-4-6-13/h7-9,13H,3-6,10H2,1-2H3,(H,17,19)(H,18,20). The smallest absolute Gasteiger partial charge is 0.233 e. The second-order valence-electron chi connectivity index (χ2n) is 5.59. The zero-order valence-corrected chi connectivity index (χ0v) is 12.2. The Labute approximate surface area is 119 Å². The lowest BCUT2D eigenvalue weighted by Gasteiger charge is -2.12. The van der Waals surface area contributed by atoms with E-state index in [4.69, 9.17) is 0 Å². The molecule has 1 aliphatic carbocycles. The summed E-state index contributed by atoms with van der Waals surface area (Å²) in [6.45, 7) is 3.91. The monoisotopic (exact) mass is 274 g/mol. The Morgan fingerprint density at radius 3 is 2.55 bits per heavy atom. The third-order valence-corrected chi connectivity index (χ3v) is 3.71. The number of nitrogens with one attached hydrogen (secondary N) is 2. The van der Waals surface area contributed by atoms with E-state index >= 15 is 0 Å². The molecule has 2 N–H and O–H groups in total. The molecule has 0 aromatic heterocycles. The molecule has 1 aromatic rings. The fourth-order valence-corrected chi connectivity index (χ4v) is 2.56. The van der Waals surface area contributed by atoms with Crippen molar-refractivity contribution >= 4 is 17.5 Å². The summed E-state index contributed by atoms with van der Waals surface area (Å²) in [6.07, 6.45) is 4.29. The molecule has 0 aliphatic heterocycles. The molecule has 2 amide bonds. The molecule has 0 bridgehead atoms. The van der Waals surface area contributed by atoms with E-state index in [1.807, 2.05) is 32.0 Å². The Balaban J connectivity index is 1.85. The third kappa shape index (κ3) is 4.08. The van der Waals surface area contributed by atoms with Crippen LogP contribution in [0.2, 0.25) is 0 Å². The van der Waals surface area contributed by atoms with Crippen LogP contribution in [-0.2, 0) is 9.59 Å². The normalized spacial score (nSPS) is 15.1. The minimum Gasteiger partial charge on any atom is -0.353 e. The minimum atomic E-state index is -0.255. The van der Waals surface area contributed by atoms with E-state index in [0.29, 0.717) is 0 Å². The van der Waals surface area contributed by atoms with Crippen molar-refractivity contribution in [2.45, 2.75) is 52.0 Å². The highest BCUT2D eigenvalue weighted by Crippen LogP contribution is 2.18. The number of rotatable bonds is 4. The van der Waals surface area contributed by atoms with Crippen molar-refractivity contribution in [2.75, 3.05) is 5.32 Å². The maximum atomic E-state index is 11.9. The molecule has 0 heterocycles. The van der Waals surface area contributed by atoms with Crippen LogP contribution in [0.15, 0.2) is 18.2 Å². The average Bonchev–Trinajstić information content (AvgIpc) is 2.86. The Kier molecular flexibility index (Phi) is 4.77. The van der Waals surface area contributed by atoms with Gasteiger partial charge in [-0.3, -0.25) is 9.59 Å².